The van der Waals surface area contributed by atoms with Crippen LogP contribution in [0.25, 0.3) is 0 Å². The Morgan fingerprint density at radius 2 is 2.10 bits per heavy atom. The van der Waals surface area contributed by atoms with Gasteiger partial charge in [-0.15, -0.1) is 0 Å². The number of rotatable bonds is 4. The van der Waals surface area contributed by atoms with Crippen LogP contribution in [-0.4, -0.2) is 13.0 Å². The predicted octanol–water partition coefficient (Wildman–Crippen LogP) is 4.04. The Hall–Kier alpha value is -1.52. The molecule has 104 valence electrons. The molecule has 0 unspecified atom stereocenters. The third-order valence-electron chi connectivity index (χ3n) is 2.76. The van der Waals surface area contributed by atoms with E-state index in [-0.39, 0.29) is 5.91 Å². The highest BCUT2D eigenvalue weighted by Crippen LogP contribution is 2.25. The fraction of sp³-hybridized carbons (Fsp3) is 0.133. The molecular formula is C15H13BrClNO2. The SMILES string of the molecule is COc1ccc(C(=O)NCc2cccc(Cl)c2)cc1Br. The van der Waals surface area contributed by atoms with E-state index in [0.717, 1.165) is 10.0 Å². The minimum atomic E-state index is -0.145. The zero-order valence-corrected chi connectivity index (χ0v) is 13.2. The number of benzene rings is 2. The second-order valence-electron chi connectivity index (χ2n) is 4.16. The number of amides is 1. The average molecular weight is 355 g/mol. The highest BCUT2D eigenvalue weighted by Gasteiger charge is 2.08. The van der Waals surface area contributed by atoms with E-state index in [9.17, 15) is 4.79 Å². The van der Waals surface area contributed by atoms with E-state index in [2.05, 4.69) is 21.2 Å². The smallest absolute Gasteiger partial charge is 0.251 e. The number of carbonyl (C=O) groups excluding carboxylic acids is 1. The summed E-state index contributed by atoms with van der Waals surface area (Å²) in [7, 11) is 1.58. The molecule has 0 saturated heterocycles. The van der Waals surface area contributed by atoms with Crippen LogP contribution in [0.4, 0.5) is 0 Å². The van der Waals surface area contributed by atoms with Crippen LogP contribution < -0.4 is 10.1 Å². The van der Waals surface area contributed by atoms with Crippen LogP contribution >= 0.6 is 27.5 Å². The van der Waals surface area contributed by atoms with Gasteiger partial charge in [0.05, 0.1) is 11.6 Å². The van der Waals surface area contributed by atoms with Gasteiger partial charge in [-0.1, -0.05) is 23.7 Å². The maximum atomic E-state index is 12.0. The number of ether oxygens (including phenoxy) is 1. The molecule has 1 amide bonds. The van der Waals surface area contributed by atoms with Crippen molar-refractivity contribution in [3.8, 4) is 5.75 Å². The summed E-state index contributed by atoms with van der Waals surface area (Å²) in [5, 5.41) is 3.50. The average Bonchev–Trinajstić information content (AvgIpc) is 2.44. The highest BCUT2D eigenvalue weighted by molar-refractivity contribution is 9.10. The number of halogens is 2. The molecule has 0 saturated carbocycles. The van der Waals surface area contributed by atoms with Gasteiger partial charge < -0.3 is 10.1 Å². The molecule has 5 heteroatoms. The number of hydrogen-bond acceptors (Lipinski definition) is 2. The van der Waals surface area contributed by atoms with E-state index in [1.807, 2.05) is 18.2 Å². The number of nitrogens with one attached hydrogen (secondary N) is 1. The first kappa shape index (κ1) is 14.9. The molecule has 0 aromatic heterocycles. The lowest BCUT2D eigenvalue weighted by Gasteiger charge is -2.08. The van der Waals surface area contributed by atoms with Crippen LogP contribution in [0.2, 0.25) is 5.02 Å². The second kappa shape index (κ2) is 6.77. The molecule has 0 aliphatic rings. The van der Waals surface area contributed by atoms with Crippen LogP contribution in [0.5, 0.6) is 5.75 Å². The molecule has 0 atom stereocenters. The van der Waals surface area contributed by atoms with E-state index in [0.29, 0.717) is 22.9 Å². The fourth-order valence-electron chi connectivity index (χ4n) is 1.74. The Balaban J connectivity index is 2.03. The van der Waals surface area contributed by atoms with Crippen LogP contribution in [0.15, 0.2) is 46.9 Å². The summed E-state index contributed by atoms with van der Waals surface area (Å²) >= 11 is 9.26. The lowest BCUT2D eigenvalue weighted by atomic mass is 10.2. The largest absolute Gasteiger partial charge is 0.496 e. The quantitative estimate of drug-likeness (QED) is 0.900. The number of methoxy groups -OCH3 is 1. The second-order valence-corrected chi connectivity index (χ2v) is 5.45. The van der Waals surface area contributed by atoms with Crippen molar-refractivity contribution in [1.82, 2.24) is 5.32 Å². The van der Waals surface area contributed by atoms with Gasteiger partial charge in [0, 0.05) is 17.1 Å². The minimum absolute atomic E-state index is 0.145. The van der Waals surface area contributed by atoms with E-state index in [4.69, 9.17) is 16.3 Å². The monoisotopic (exact) mass is 353 g/mol. The molecule has 2 rings (SSSR count). The molecule has 1 N–H and O–H groups in total. The van der Waals surface area contributed by atoms with Crippen LogP contribution in [0.1, 0.15) is 15.9 Å². The Labute approximate surface area is 131 Å². The molecule has 0 heterocycles. The van der Waals surface area contributed by atoms with E-state index in [1.54, 1.807) is 31.4 Å². The third-order valence-corrected chi connectivity index (χ3v) is 3.61. The molecule has 20 heavy (non-hydrogen) atoms. The number of carbonyl (C=O) groups is 1. The van der Waals surface area contributed by atoms with Crippen molar-refractivity contribution in [2.75, 3.05) is 7.11 Å². The van der Waals surface area contributed by atoms with Gasteiger partial charge in [-0.25, -0.2) is 0 Å². The van der Waals surface area contributed by atoms with Crippen molar-refractivity contribution < 1.29 is 9.53 Å². The van der Waals surface area contributed by atoms with Crippen molar-refractivity contribution in [3.63, 3.8) is 0 Å². The summed E-state index contributed by atoms with van der Waals surface area (Å²) in [6, 6.07) is 12.6. The summed E-state index contributed by atoms with van der Waals surface area (Å²) in [6.45, 7) is 0.434. The lowest BCUT2D eigenvalue weighted by molar-refractivity contribution is 0.0951. The Morgan fingerprint density at radius 3 is 2.75 bits per heavy atom. The van der Waals surface area contributed by atoms with Gasteiger partial charge in [-0.05, 0) is 51.8 Å². The highest BCUT2D eigenvalue weighted by atomic mass is 79.9. The molecule has 0 aliphatic carbocycles. The summed E-state index contributed by atoms with van der Waals surface area (Å²) in [6.07, 6.45) is 0. The summed E-state index contributed by atoms with van der Waals surface area (Å²) < 4.78 is 5.87. The Kier molecular flexibility index (Phi) is 5.04. The van der Waals surface area contributed by atoms with Crippen molar-refractivity contribution in [1.29, 1.82) is 0 Å². The molecule has 2 aromatic rings. The van der Waals surface area contributed by atoms with Crippen molar-refractivity contribution in [2.24, 2.45) is 0 Å². The first-order valence-electron chi connectivity index (χ1n) is 5.96. The lowest BCUT2D eigenvalue weighted by Crippen LogP contribution is -2.22. The van der Waals surface area contributed by atoms with Crippen LogP contribution in [-0.2, 0) is 6.54 Å². The fourth-order valence-corrected chi connectivity index (χ4v) is 2.49. The van der Waals surface area contributed by atoms with Gasteiger partial charge >= 0.3 is 0 Å². The third kappa shape index (κ3) is 3.74. The zero-order chi connectivity index (χ0) is 14.5. The Bertz CT molecular complexity index is 631. The summed E-state index contributed by atoms with van der Waals surface area (Å²) in [4.78, 5) is 12.0. The molecule has 0 spiro atoms. The van der Waals surface area contributed by atoms with Crippen molar-refractivity contribution >= 4 is 33.4 Å². The maximum Gasteiger partial charge on any atom is 0.251 e. The van der Waals surface area contributed by atoms with Gasteiger partial charge in [0.2, 0.25) is 0 Å². The molecule has 0 aliphatic heterocycles. The van der Waals surface area contributed by atoms with Crippen molar-refractivity contribution in [3.05, 3.63) is 63.1 Å². The molecule has 0 radical (unpaired) electrons. The minimum Gasteiger partial charge on any atom is -0.496 e. The van der Waals surface area contributed by atoms with Crippen LogP contribution in [0, 0.1) is 0 Å². The normalized spacial score (nSPS) is 10.2. The van der Waals surface area contributed by atoms with E-state index < -0.39 is 0 Å². The first-order valence-corrected chi connectivity index (χ1v) is 7.13. The summed E-state index contributed by atoms with van der Waals surface area (Å²) in [5.41, 5.74) is 1.53. The molecule has 0 bridgehead atoms. The van der Waals surface area contributed by atoms with Gasteiger partial charge in [0.1, 0.15) is 5.75 Å². The van der Waals surface area contributed by atoms with E-state index in [1.165, 1.54) is 0 Å². The van der Waals surface area contributed by atoms with Crippen LogP contribution in [0.3, 0.4) is 0 Å². The van der Waals surface area contributed by atoms with Crippen molar-refractivity contribution in [2.45, 2.75) is 6.54 Å². The van der Waals surface area contributed by atoms with E-state index >= 15 is 0 Å². The maximum absolute atomic E-state index is 12.0. The molecular weight excluding hydrogens is 342 g/mol. The van der Waals surface area contributed by atoms with Gasteiger partial charge in [-0.3, -0.25) is 4.79 Å². The van der Waals surface area contributed by atoms with Gasteiger partial charge in [-0.2, -0.15) is 0 Å². The standard InChI is InChI=1S/C15H13BrClNO2/c1-20-14-6-5-11(8-13(14)16)15(19)18-9-10-3-2-4-12(17)7-10/h2-8H,9H2,1H3,(H,18,19). The predicted molar refractivity (Wildman–Crippen MR) is 83.3 cm³/mol. The zero-order valence-electron chi connectivity index (χ0n) is 10.8. The molecule has 2 aromatic carbocycles. The first-order chi connectivity index (χ1) is 9.60. The number of hydrogen-bond donors (Lipinski definition) is 1. The van der Waals surface area contributed by atoms with Gasteiger partial charge in [0.25, 0.3) is 5.91 Å². The molecule has 3 nitrogen and oxygen atoms in total. The summed E-state index contributed by atoms with van der Waals surface area (Å²) in [5.74, 6) is 0.546. The topological polar surface area (TPSA) is 38.3 Å². The van der Waals surface area contributed by atoms with Gasteiger partial charge in [0.15, 0.2) is 0 Å². The molecule has 0 fully saturated rings. The Morgan fingerprint density at radius 1 is 1.30 bits per heavy atom.